The van der Waals surface area contributed by atoms with Gasteiger partial charge in [-0.1, -0.05) is 11.6 Å². The van der Waals surface area contributed by atoms with Crippen molar-refractivity contribution in [3.05, 3.63) is 23.2 Å². The van der Waals surface area contributed by atoms with Crippen LogP contribution in [0.4, 0.5) is 11.4 Å². The Balaban J connectivity index is 2.38. The van der Waals surface area contributed by atoms with E-state index in [4.69, 9.17) is 22.2 Å². The summed E-state index contributed by atoms with van der Waals surface area (Å²) in [6, 6.07) is 5.02. The van der Waals surface area contributed by atoms with E-state index in [1.54, 1.807) is 30.4 Å². The Kier molecular flexibility index (Phi) is 5.91. The van der Waals surface area contributed by atoms with Gasteiger partial charge in [0, 0.05) is 25.7 Å². The van der Waals surface area contributed by atoms with E-state index in [9.17, 15) is 4.79 Å². The molecule has 6 heteroatoms. The quantitative estimate of drug-likeness (QED) is 0.614. The van der Waals surface area contributed by atoms with Gasteiger partial charge in [0.25, 0.3) is 0 Å². The summed E-state index contributed by atoms with van der Waals surface area (Å²) in [6.07, 6.45) is 1.15. The van der Waals surface area contributed by atoms with Crippen LogP contribution in [0, 0.1) is 0 Å². The average Bonchev–Trinajstić information content (AvgIpc) is 2.33. The van der Waals surface area contributed by atoms with Crippen molar-refractivity contribution in [2.24, 2.45) is 0 Å². The number of nitrogens with one attached hydrogen (secondary N) is 1. The molecule has 0 saturated heterocycles. The Morgan fingerprint density at radius 2 is 2.28 bits per heavy atom. The number of hydroxylamine groups is 2. The fraction of sp³-hybridized carbons (Fsp3) is 0.417. The zero-order valence-corrected chi connectivity index (χ0v) is 11.3. The molecule has 1 aromatic rings. The number of hydrogen-bond donors (Lipinski definition) is 2. The highest BCUT2D eigenvalue weighted by atomic mass is 35.5. The monoisotopic (exact) mass is 271 g/mol. The molecule has 0 heterocycles. The van der Waals surface area contributed by atoms with Crippen molar-refractivity contribution in [1.82, 2.24) is 5.06 Å². The van der Waals surface area contributed by atoms with Crippen molar-refractivity contribution in [1.29, 1.82) is 0 Å². The number of nitrogens with two attached hydrogens (primary N) is 1. The van der Waals surface area contributed by atoms with E-state index in [1.165, 1.54) is 0 Å². The lowest BCUT2D eigenvalue weighted by Crippen LogP contribution is -2.20. The molecule has 1 amide bonds. The first-order chi connectivity index (χ1) is 8.52. The lowest BCUT2D eigenvalue weighted by molar-refractivity contribution is -0.119. The molecule has 0 aromatic heterocycles. The van der Waals surface area contributed by atoms with Gasteiger partial charge in [-0.2, -0.15) is 5.06 Å². The number of nitrogen functional groups attached to an aromatic ring is 1. The van der Waals surface area contributed by atoms with Crippen LogP contribution in [0.5, 0.6) is 0 Å². The fourth-order valence-corrected chi connectivity index (χ4v) is 1.52. The van der Waals surface area contributed by atoms with Crippen LogP contribution in [-0.2, 0) is 9.63 Å². The van der Waals surface area contributed by atoms with Crippen molar-refractivity contribution >= 4 is 28.9 Å². The molecule has 0 spiro atoms. The first-order valence-electron chi connectivity index (χ1n) is 5.63. The van der Waals surface area contributed by atoms with E-state index in [1.807, 2.05) is 7.05 Å². The van der Waals surface area contributed by atoms with Crippen LogP contribution in [0.2, 0.25) is 5.02 Å². The normalized spacial score (nSPS) is 10.7. The minimum absolute atomic E-state index is 0.0544. The number of anilines is 2. The predicted octanol–water partition coefficient (Wildman–Crippen LogP) is 2.13. The summed E-state index contributed by atoms with van der Waals surface area (Å²) in [4.78, 5) is 16.6. The molecule has 18 heavy (non-hydrogen) atoms. The SMILES string of the molecule is CON(C)CCCC(=O)Nc1ccc(Cl)c(N)c1. The van der Waals surface area contributed by atoms with Crippen molar-refractivity contribution in [3.63, 3.8) is 0 Å². The number of hydrogen-bond acceptors (Lipinski definition) is 4. The van der Waals surface area contributed by atoms with Gasteiger partial charge in [-0.05, 0) is 24.6 Å². The maximum Gasteiger partial charge on any atom is 0.224 e. The molecule has 0 aliphatic carbocycles. The molecule has 0 aliphatic rings. The molecular weight excluding hydrogens is 254 g/mol. The van der Waals surface area contributed by atoms with E-state index in [2.05, 4.69) is 5.32 Å². The van der Waals surface area contributed by atoms with Crippen LogP contribution in [0.1, 0.15) is 12.8 Å². The number of rotatable bonds is 6. The second-order valence-electron chi connectivity index (χ2n) is 3.92. The topological polar surface area (TPSA) is 67.6 Å². The maximum absolute atomic E-state index is 11.6. The van der Waals surface area contributed by atoms with Crippen LogP contribution < -0.4 is 11.1 Å². The Morgan fingerprint density at radius 3 is 2.89 bits per heavy atom. The zero-order chi connectivity index (χ0) is 13.5. The van der Waals surface area contributed by atoms with E-state index in [-0.39, 0.29) is 5.91 Å². The molecule has 3 N–H and O–H groups in total. The van der Waals surface area contributed by atoms with Gasteiger partial charge >= 0.3 is 0 Å². The molecule has 1 aromatic carbocycles. The summed E-state index contributed by atoms with van der Waals surface area (Å²) in [5, 5.41) is 4.92. The standard InChI is InChI=1S/C12H18ClN3O2/c1-16(18-2)7-3-4-12(17)15-9-5-6-10(13)11(14)8-9/h5-6,8H,3-4,7,14H2,1-2H3,(H,15,17). The third-order valence-corrected chi connectivity index (χ3v) is 2.81. The summed E-state index contributed by atoms with van der Waals surface area (Å²) < 4.78 is 0. The highest BCUT2D eigenvalue weighted by molar-refractivity contribution is 6.33. The largest absolute Gasteiger partial charge is 0.397 e. The average molecular weight is 272 g/mol. The minimum Gasteiger partial charge on any atom is -0.397 e. The molecule has 0 saturated carbocycles. The number of halogens is 1. The van der Waals surface area contributed by atoms with Crippen LogP contribution >= 0.6 is 11.6 Å². The molecule has 0 radical (unpaired) electrons. The van der Waals surface area contributed by atoms with Gasteiger partial charge < -0.3 is 15.9 Å². The molecule has 1 rings (SSSR count). The molecule has 0 unspecified atom stereocenters. The number of benzene rings is 1. The molecule has 0 bridgehead atoms. The third kappa shape index (κ3) is 4.91. The van der Waals surface area contributed by atoms with E-state index in [0.717, 1.165) is 6.42 Å². The Labute approximate surface area is 112 Å². The second-order valence-corrected chi connectivity index (χ2v) is 4.33. The van der Waals surface area contributed by atoms with Crippen molar-refractivity contribution in [2.45, 2.75) is 12.8 Å². The minimum atomic E-state index is -0.0544. The van der Waals surface area contributed by atoms with Crippen LogP contribution in [0.25, 0.3) is 0 Å². The van der Waals surface area contributed by atoms with Gasteiger partial charge in [0.05, 0.1) is 17.8 Å². The van der Waals surface area contributed by atoms with Crippen LogP contribution in [-0.4, -0.2) is 31.7 Å². The maximum atomic E-state index is 11.6. The summed E-state index contributed by atoms with van der Waals surface area (Å²) in [5.74, 6) is -0.0544. The van der Waals surface area contributed by atoms with E-state index < -0.39 is 0 Å². The van der Waals surface area contributed by atoms with Gasteiger partial charge in [-0.3, -0.25) is 4.79 Å². The molecule has 0 aliphatic heterocycles. The highest BCUT2D eigenvalue weighted by Gasteiger charge is 2.05. The number of carbonyl (C=O) groups excluding carboxylic acids is 1. The smallest absolute Gasteiger partial charge is 0.224 e. The Hall–Kier alpha value is -1.30. The predicted molar refractivity (Wildman–Crippen MR) is 73.4 cm³/mol. The zero-order valence-electron chi connectivity index (χ0n) is 10.6. The lowest BCUT2D eigenvalue weighted by atomic mass is 10.2. The van der Waals surface area contributed by atoms with Crippen molar-refractivity contribution < 1.29 is 9.63 Å². The second kappa shape index (κ2) is 7.20. The summed E-state index contributed by atoms with van der Waals surface area (Å²) >= 11 is 5.79. The lowest BCUT2D eigenvalue weighted by Gasteiger charge is -2.12. The van der Waals surface area contributed by atoms with Gasteiger partial charge in [-0.25, -0.2) is 0 Å². The van der Waals surface area contributed by atoms with Gasteiger partial charge in [0.1, 0.15) is 0 Å². The molecule has 0 fully saturated rings. The van der Waals surface area contributed by atoms with Gasteiger partial charge in [0.2, 0.25) is 5.91 Å². The molecule has 5 nitrogen and oxygen atoms in total. The summed E-state index contributed by atoms with van der Waals surface area (Å²) in [5.41, 5.74) is 6.75. The van der Waals surface area contributed by atoms with Crippen molar-refractivity contribution in [2.75, 3.05) is 31.8 Å². The molecule has 0 atom stereocenters. The first-order valence-corrected chi connectivity index (χ1v) is 6.01. The molecular formula is C12H18ClN3O2. The third-order valence-electron chi connectivity index (χ3n) is 2.47. The molecule has 100 valence electrons. The van der Waals surface area contributed by atoms with E-state index >= 15 is 0 Å². The first kappa shape index (κ1) is 14.8. The number of carbonyl (C=O) groups is 1. The van der Waals surface area contributed by atoms with Crippen LogP contribution in [0.15, 0.2) is 18.2 Å². The van der Waals surface area contributed by atoms with Gasteiger partial charge in [-0.15, -0.1) is 0 Å². The van der Waals surface area contributed by atoms with E-state index in [0.29, 0.717) is 29.4 Å². The Bertz CT molecular complexity index is 412. The van der Waals surface area contributed by atoms with Crippen LogP contribution in [0.3, 0.4) is 0 Å². The number of amides is 1. The Morgan fingerprint density at radius 1 is 1.56 bits per heavy atom. The summed E-state index contributed by atoms with van der Waals surface area (Å²) in [7, 11) is 3.41. The highest BCUT2D eigenvalue weighted by Crippen LogP contribution is 2.22. The number of nitrogens with zero attached hydrogens (tertiary/aromatic N) is 1. The summed E-state index contributed by atoms with van der Waals surface area (Å²) in [6.45, 7) is 0.701. The van der Waals surface area contributed by atoms with Crippen molar-refractivity contribution in [3.8, 4) is 0 Å². The fourth-order valence-electron chi connectivity index (χ4n) is 1.40. The van der Waals surface area contributed by atoms with Gasteiger partial charge in [0.15, 0.2) is 0 Å².